The van der Waals surface area contributed by atoms with Gasteiger partial charge in [0.2, 0.25) is 0 Å². The van der Waals surface area contributed by atoms with Gasteiger partial charge in [0.05, 0.1) is 0 Å². The summed E-state index contributed by atoms with van der Waals surface area (Å²) in [5.41, 5.74) is 2.60. The van der Waals surface area contributed by atoms with Crippen molar-refractivity contribution in [3.63, 3.8) is 0 Å². The monoisotopic (exact) mass is 355 g/mol. The van der Waals surface area contributed by atoms with E-state index in [0.29, 0.717) is 23.1 Å². The van der Waals surface area contributed by atoms with Crippen LogP contribution in [0.3, 0.4) is 0 Å². The second kappa shape index (κ2) is 7.30. The molecule has 0 atom stereocenters. The van der Waals surface area contributed by atoms with Gasteiger partial charge in [-0.15, -0.1) is 0 Å². The predicted molar refractivity (Wildman–Crippen MR) is 106 cm³/mol. The van der Waals surface area contributed by atoms with Crippen molar-refractivity contribution in [3.8, 4) is 0 Å². The largest absolute Gasteiger partial charge is 0.422 e. The van der Waals surface area contributed by atoms with Crippen LogP contribution in [0, 0.1) is 0 Å². The van der Waals surface area contributed by atoms with Gasteiger partial charge in [-0.3, -0.25) is 4.79 Å². The van der Waals surface area contributed by atoms with Crippen LogP contribution in [0.1, 0.15) is 21.5 Å². The molecule has 0 fully saturated rings. The Labute approximate surface area is 156 Å². The molecule has 4 rings (SSSR count). The molecular formula is C23H17NO3. The summed E-state index contributed by atoms with van der Waals surface area (Å²) in [6, 6.07) is 26.3. The highest BCUT2D eigenvalue weighted by Crippen LogP contribution is 2.20. The molecule has 4 heteroatoms. The van der Waals surface area contributed by atoms with Gasteiger partial charge in [-0.1, -0.05) is 66.7 Å². The van der Waals surface area contributed by atoms with E-state index in [1.54, 1.807) is 24.3 Å². The lowest BCUT2D eigenvalue weighted by Gasteiger charge is -2.11. The fourth-order valence-corrected chi connectivity index (χ4v) is 3.02. The number of hydrogen-bond donors (Lipinski definition) is 1. The second-order valence-electron chi connectivity index (χ2n) is 6.26. The molecule has 0 radical (unpaired) electrons. The first-order chi connectivity index (χ1) is 13.2. The van der Waals surface area contributed by atoms with Gasteiger partial charge in [-0.25, -0.2) is 4.79 Å². The van der Waals surface area contributed by atoms with E-state index >= 15 is 0 Å². The minimum Gasteiger partial charge on any atom is -0.422 e. The van der Waals surface area contributed by atoms with Crippen molar-refractivity contribution >= 4 is 22.6 Å². The molecule has 0 saturated carbocycles. The molecule has 0 aliphatic carbocycles. The average molecular weight is 355 g/mol. The minimum atomic E-state index is -0.647. The third-order valence-corrected chi connectivity index (χ3v) is 4.39. The topological polar surface area (TPSA) is 59.3 Å². The third-order valence-electron chi connectivity index (χ3n) is 4.39. The van der Waals surface area contributed by atoms with Gasteiger partial charge in [-0.2, -0.15) is 0 Å². The summed E-state index contributed by atoms with van der Waals surface area (Å²) < 4.78 is 5.26. The summed E-state index contributed by atoms with van der Waals surface area (Å²) in [6.45, 7) is 0. The van der Waals surface area contributed by atoms with E-state index in [0.717, 1.165) is 11.1 Å². The number of nitrogens with one attached hydrogen (secondary N) is 1. The van der Waals surface area contributed by atoms with Gasteiger partial charge in [-0.05, 0) is 35.7 Å². The molecular weight excluding hydrogens is 338 g/mol. The Kier molecular flexibility index (Phi) is 4.54. The predicted octanol–water partition coefficient (Wildman–Crippen LogP) is 4.64. The van der Waals surface area contributed by atoms with E-state index in [1.165, 1.54) is 0 Å². The highest BCUT2D eigenvalue weighted by molar-refractivity contribution is 6.05. The van der Waals surface area contributed by atoms with Gasteiger partial charge in [0.1, 0.15) is 11.1 Å². The second-order valence-corrected chi connectivity index (χ2v) is 6.26. The van der Waals surface area contributed by atoms with Crippen LogP contribution in [0.15, 0.2) is 94.1 Å². The first-order valence-electron chi connectivity index (χ1n) is 8.67. The highest BCUT2D eigenvalue weighted by atomic mass is 16.4. The molecule has 0 aliphatic heterocycles. The molecule has 0 saturated heterocycles. The number of para-hydroxylation sites is 2. The van der Waals surface area contributed by atoms with Crippen LogP contribution in [0.25, 0.3) is 11.0 Å². The van der Waals surface area contributed by atoms with Crippen molar-refractivity contribution in [1.29, 1.82) is 0 Å². The quantitative estimate of drug-likeness (QED) is 0.543. The maximum absolute atomic E-state index is 12.7. The zero-order valence-electron chi connectivity index (χ0n) is 14.5. The number of fused-ring (bicyclic) bond motifs is 1. The molecule has 0 spiro atoms. The summed E-state index contributed by atoms with van der Waals surface area (Å²) in [4.78, 5) is 24.9. The molecule has 1 aromatic heterocycles. The zero-order chi connectivity index (χ0) is 18.6. The lowest BCUT2D eigenvalue weighted by molar-refractivity contribution is 0.102. The van der Waals surface area contributed by atoms with Crippen molar-refractivity contribution in [2.24, 2.45) is 0 Å². The fourth-order valence-electron chi connectivity index (χ4n) is 3.02. The number of rotatable bonds is 4. The Bertz CT molecular complexity index is 1160. The van der Waals surface area contributed by atoms with Crippen LogP contribution < -0.4 is 10.9 Å². The molecule has 3 aromatic carbocycles. The van der Waals surface area contributed by atoms with Gasteiger partial charge in [0, 0.05) is 11.1 Å². The average Bonchev–Trinajstić information content (AvgIpc) is 2.69. The van der Waals surface area contributed by atoms with Crippen molar-refractivity contribution in [3.05, 3.63) is 112 Å². The van der Waals surface area contributed by atoms with Crippen molar-refractivity contribution in [1.82, 2.24) is 0 Å². The molecule has 1 amide bonds. The normalized spacial score (nSPS) is 10.7. The maximum Gasteiger partial charge on any atom is 0.349 e. The van der Waals surface area contributed by atoms with E-state index in [4.69, 9.17) is 4.42 Å². The van der Waals surface area contributed by atoms with E-state index in [1.807, 2.05) is 60.7 Å². The Morgan fingerprint density at radius 1 is 0.852 bits per heavy atom. The molecule has 1 N–H and O–H groups in total. The van der Waals surface area contributed by atoms with Gasteiger partial charge in [0.25, 0.3) is 5.91 Å². The van der Waals surface area contributed by atoms with Crippen molar-refractivity contribution < 1.29 is 9.21 Å². The van der Waals surface area contributed by atoms with E-state index in [9.17, 15) is 9.59 Å². The van der Waals surface area contributed by atoms with Crippen molar-refractivity contribution in [2.75, 3.05) is 5.32 Å². The van der Waals surface area contributed by atoms with E-state index in [2.05, 4.69) is 5.32 Å². The number of carbonyl (C=O) groups is 1. The standard InChI is InChI=1S/C23H17NO3/c25-22(19-15-18-11-5-7-13-21(18)27-23(19)26)24-20-12-6-4-10-17(20)14-16-8-2-1-3-9-16/h1-13,15H,14H2,(H,24,25). The SMILES string of the molecule is O=C(Nc1ccccc1Cc1ccccc1)c1cc2ccccc2oc1=O. The van der Waals surface area contributed by atoms with Gasteiger partial charge >= 0.3 is 5.63 Å². The molecule has 1 heterocycles. The summed E-state index contributed by atoms with van der Waals surface area (Å²) in [5, 5.41) is 3.56. The summed E-state index contributed by atoms with van der Waals surface area (Å²) in [6.07, 6.45) is 0.684. The smallest absolute Gasteiger partial charge is 0.349 e. The van der Waals surface area contributed by atoms with Crippen molar-refractivity contribution in [2.45, 2.75) is 6.42 Å². The molecule has 4 nitrogen and oxygen atoms in total. The minimum absolute atomic E-state index is 0.0109. The number of hydrogen-bond acceptors (Lipinski definition) is 3. The molecule has 4 aromatic rings. The Hall–Kier alpha value is -3.66. The lowest BCUT2D eigenvalue weighted by Crippen LogP contribution is -2.21. The van der Waals surface area contributed by atoms with Crippen LogP contribution in [-0.2, 0) is 6.42 Å². The molecule has 27 heavy (non-hydrogen) atoms. The number of benzene rings is 3. The Balaban J connectivity index is 1.64. The fraction of sp³-hybridized carbons (Fsp3) is 0.0435. The Morgan fingerprint density at radius 2 is 1.56 bits per heavy atom. The summed E-state index contributed by atoms with van der Waals surface area (Å²) >= 11 is 0. The summed E-state index contributed by atoms with van der Waals surface area (Å²) in [5.74, 6) is -0.477. The summed E-state index contributed by atoms with van der Waals surface area (Å²) in [7, 11) is 0. The first-order valence-corrected chi connectivity index (χ1v) is 8.67. The van der Waals surface area contributed by atoms with E-state index < -0.39 is 11.5 Å². The highest BCUT2D eigenvalue weighted by Gasteiger charge is 2.15. The molecule has 0 aliphatic rings. The number of carbonyl (C=O) groups excluding carboxylic acids is 1. The molecule has 132 valence electrons. The third kappa shape index (κ3) is 3.65. The van der Waals surface area contributed by atoms with Crippen LogP contribution in [0.2, 0.25) is 0 Å². The zero-order valence-corrected chi connectivity index (χ0v) is 14.5. The first kappa shape index (κ1) is 16.8. The van der Waals surface area contributed by atoms with Crippen LogP contribution in [-0.4, -0.2) is 5.91 Å². The lowest BCUT2D eigenvalue weighted by atomic mass is 10.0. The van der Waals surface area contributed by atoms with Crippen LogP contribution in [0.4, 0.5) is 5.69 Å². The molecule has 0 unspecified atom stereocenters. The van der Waals surface area contributed by atoms with Crippen LogP contribution >= 0.6 is 0 Å². The number of amides is 1. The maximum atomic E-state index is 12.7. The van der Waals surface area contributed by atoms with Gasteiger partial charge in [0.15, 0.2) is 0 Å². The Morgan fingerprint density at radius 3 is 2.41 bits per heavy atom. The van der Waals surface area contributed by atoms with Crippen LogP contribution in [0.5, 0.6) is 0 Å². The van der Waals surface area contributed by atoms with E-state index in [-0.39, 0.29) is 5.56 Å². The molecule has 0 bridgehead atoms. The number of anilines is 1. The van der Waals surface area contributed by atoms with Gasteiger partial charge < -0.3 is 9.73 Å².